The van der Waals surface area contributed by atoms with Crippen LogP contribution in [0.25, 0.3) is 0 Å². The Kier molecular flexibility index (Phi) is 6.53. The summed E-state index contributed by atoms with van der Waals surface area (Å²) in [6.45, 7) is 0. The summed E-state index contributed by atoms with van der Waals surface area (Å²) in [4.78, 5) is 0. The molecule has 2 unspecified atom stereocenters. The Labute approximate surface area is 192 Å². The van der Waals surface area contributed by atoms with E-state index in [1.54, 1.807) is 0 Å². The topological polar surface area (TPSA) is 70.5 Å². The SMILES string of the molecule is Nc1cc(OC2=CC(F)=C(C(F)(F)F)C(F)(Oc3cc(N)c(F)c(F)c3)C2C(F)(F)F)cc(F)c1F. The Morgan fingerprint density at radius 3 is 1.67 bits per heavy atom. The summed E-state index contributed by atoms with van der Waals surface area (Å²) < 4.78 is 176. The van der Waals surface area contributed by atoms with E-state index in [9.17, 15) is 48.3 Å². The summed E-state index contributed by atoms with van der Waals surface area (Å²) in [6.07, 6.45) is -12.7. The van der Waals surface area contributed by atoms with Gasteiger partial charge in [0.05, 0.1) is 11.4 Å². The van der Waals surface area contributed by atoms with Crippen LogP contribution in [0.2, 0.25) is 0 Å². The molecule has 0 saturated carbocycles. The van der Waals surface area contributed by atoms with Crippen LogP contribution in [0.5, 0.6) is 11.5 Å². The van der Waals surface area contributed by atoms with Crippen LogP contribution in [-0.2, 0) is 0 Å². The molecule has 0 saturated heterocycles. The summed E-state index contributed by atoms with van der Waals surface area (Å²) in [5.41, 5.74) is 4.78. The highest BCUT2D eigenvalue weighted by molar-refractivity contribution is 5.49. The monoisotopic (exact) mass is 538 g/mol. The van der Waals surface area contributed by atoms with Crippen molar-refractivity contribution in [1.29, 1.82) is 0 Å². The molecule has 16 heteroatoms. The Morgan fingerprint density at radius 2 is 1.22 bits per heavy atom. The second kappa shape index (κ2) is 8.74. The van der Waals surface area contributed by atoms with Crippen LogP contribution in [0.4, 0.5) is 64.1 Å². The summed E-state index contributed by atoms with van der Waals surface area (Å²) >= 11 is 0. The number of nitrogen functional groups attached to an aromatic ring is 2. The highest BCUT2D eigenvalue weighted by Gasteiger charge is 2.69. The number of nitrogens with two attached hydrogens (primary N) is 2. The van der Waals surface area contributed by atoms with E-state index in [0.29, 0.717) is 6.07 Å². The van der Waals surface area contributed by atoms with Gasteiger partial charge < -0.3 is 20.9 Å². The number of halogens is 12. The second-order valence-electron chi connectivity index (χ2n) is 7.21. The summed E-state index contributed by atoms with van der Waals surface area (Å²) in [5, 5.41) is 0. The zero-order valence-electron chi connectivity index (χ0n) is 17.0. The highest BCUT2D eigenvalue weighted by Crippen LogP contribution is 2.54. The molecular weight excluding hydrogens is 528 g/mol. The van der Waals surface area contributed by atoms with Crippen LogP contribution in [0.3, 0.4) is 0 Å². The van der Waals surface area contributed by atoms with Crippen molar-refractivity contribution in [1.82, 2.24) is 0 Å². The molecular formula is C20H10F12N2O2. The molecule has 0 radical (unpaired) electrons. The summed E-state index contributed by atoms with van der Waals surface area (Å²) in [5.74, 6) is -23.8. The second-order valence-corrected chi connectivity index (χ2v) is 7.21. The Morgan fingerprint density at radius 1 is 0.750 bits per heavy atom. The number of rotatable bonds is 4. The minimum atomic E-state index is -6.15. The van der Waals surface area contributed by atoms with E-state index >= 15 is 4.39 Å². The fourth-order valence-corrected chi connectivity index (χ4v) is 3.26. The molecule has 2 aromatic rings. The van der Waals surface area contributed by atoms with Gasteiger partial charge >= 0.3 is 18.2 Å². The lowest BCUT2D eigenvalue weighted by molar-refractivity contribution is -0.252. The van der Waals surface area contributed by atoms with Crippen molar-refractivity contribution in [3.8, 4) is 11.5 Å². The molecule has 3 rings (SSSR count). The number of ether oxygens (including phenoxy) is 2. The van der Waals surface area contributed by atoms with Gasteiger partial charge in [-0.15, -0.1) is 0 Å². The molecule has 0 spiro atoms. The van der Waals surface area contributed by atoms with Crippen LogP contribution in [-0.4, -0.2) is 18.2 Å². The van der Waals surface area contributed by atoms with Gasteiger partial charge in [0.1, 0.15) is 28.7 Å². The van der Waals surface area contributed by atoms with Gasteiger partial charge in [0, 0.05) is 30.3 Å². The number of allylic oxidation sites excluding steroid dienone is 2. The first-order valence-electron chi connectivity index (χ1n) is 9.16. The zero-order valence-corrected chi connectivity index (χ0v) is 17.0. The van der Waals surface area contributed by atoms with Crippen molar-refractivity contribution in [3.05, 3.63) is 70.8 Å². The Hall–Kier alpha value is -3.72. The first kappa shape index (κ1) is 26.9. The third-order valence-corrected chi connectivity index (χ3v) is 4.68. The lowest BCUT2D eigenvalue weighted by atomic mass is 9.84. The van der Waals surface area contributed by atoms with E-state index in [-0.39, 0.29) is 18.2 Å². The molecule has 4 nitrogen and oxygen atoms in total. The maximum absolute atomic E-state index is 15.9. The molecule has 36 heavy (non-hydrogen) atoms. The van der Waals surface area contributed by atoms with E-state index in [1.807, 2.05) is 0 Å². The van der Waals surface area contributed by atoms with Crippen molar-refractivity contribution in [2.45, 2.75) is 18.2 Å². The quantitative estimate of drug-likeness (QED) is 0.350. The zero-order chi connectivity index (χ0) is 27.4. The normalized spacial score (nSPS) is 20.9. The number of benzene rings is 2. The number of hydrogen-bond acceptors (Lipinski definition) is 4. The van der Waals surface area contributed by atoms with Crippen LogP contribution in [0.15, 0.2) is 47.5 Å². The first-order chi connectivity index (χ1) is 16.4. The molecule has 0 heterocycles. The lowest BCUT2D eigenvalue weighted by Crippen LogP contribution is -2.54. The number of hydrogen-bond donors (Lipinski definition) is 2. The number of anilines is 2. The van der Waals surface area contributed by atoms with Crippen molar-refractivity contribution in [2.24, 2.45) is 5.92 Å². The van der Waals surface area contributed by atoms with E-state index in [4.69, 9.17) is 11.5 Å². The minimum Gasteiger partial charge on any atom is -0.460 e. The Balaban J connectivity index is 2.25. The van der Waals surface area contributed by atoms with Crippen molar-refractivity contribution >= 4 is 11.4 Å². The molecule has 1 aliphatic rings. The molecule has 196 valence electrons. The molecule has 4 N–H and O–H groups in total. The van der Waals surface area contributed by atoms with E-state index in [1.165, 1.54) is 0 Å². The van der Waals surface area contributed by atoms with Gasteiger partial charge in [-0.25, -0.2) is 22.0 Å². The smallest absolute Gasteiger partial charge is 0.422 e. The summed E-state index contributed by atoms with van der Waals surface area (Å²) in [6, 6.07) is 0.483. The van der Waals surface area contributed by atoms with Crippen LogP contribution >= 0.6 is 0 Å². The molecule has 2 aromatic carbocycles. The number of alkyl halides is 7. The lowest BCUT2D eigenvalue weighted by Gasteiger charge is -2.40. The molecule has 0 aliphatic heterocycles. The van der Waals surface area contributed by atoms with Crippen LogP contribution < -0.4 is 20.9 Å². The molecule has 0 amide bonds. The largest absolute Gasteiger partial charge is 0.460 e. The van der Waals surface area contributed by atoms with Gasteiger partial charge in [0.2, 0.25) is 0 Å². The van der Waals surface area contributed by atoms with Crippen molar-refractivity contribution in [2.75, 3.05) is 11.5 Å². The van der Waals surface area contributed by atoms with Gasteiger partial charge in [-0.1, -0.05) is 0 Å². The fourth-order valence-electron chi connectivity index (χ4n) is 3.26. The van der Waals surface area contributed by atoms with Crippen LogP contribution in [0, 0.1) is 29.2 Å². The first-order valence-corrected chi connectivity index (χ1v) is 9.16. The van der Waals surface area contributed by atoms with E-state index in [0.717, 1.165) is 0 Å². The van der Waals surface area contributed by atoms with E-state index in [2.05, 4.69) is 9.47 Å². The average Bonchev–Trinajstić information content (AvgIpc) is 2.67. The minimum absolute atomic E-state index is 0.0949. The maximum Gasteiger partial charge on any atom is 0.422 e. The molecule has 0 bridgehead atoms. The molecule has 1 aliphatic carbocycles. The van der Waals surface area contributed by atoms with E-state index < -0.39 is 93.5 Å². The molecule has 0 aromatic heterocycles. The maximum atomic E-state index is 15.9. The van der Waals surface area contributed by atoms with Crippen molar-refractivity contribution in [3.63, 3.8) is 0 Å². The Bertz CT molecular complexity index is 1220. The summed E-state index contributed by atoms with van der Waals surface area (Å²) in [7, 11) is 0. The van der Waals surface area contributed by atoms with Gasteiger partial charge in [0.25, 0.3) is 0 Å². The predicted molar refractivity (Wildman–Crippen MR) is 98.5 cm³/mol. The third kappa shape index (κ3) is 4.83. The highest BCUT2D eigenvalue weighted by atomic mass is 19.4. The molecule has 0 fully saturated rings. The van der Waals surface area contributed by atoms with Gasteiger partial charge in [-0.2, -0.15) is 30.7 Å². The van der Waals surface area contributed by atoms with Gasteiger partial charge in [-0.3, -0.25) is 0 Å². The third-order valence-electron chi connectivity index (χ3n) is 4.68. The predicted octanol–water partition coefficient (Wildman–Crippen LogP) is 6.39. The van der Waals surface area contributed by atoms with Gasteiger partial charge in [-0.05, 0) is 0 Å². The fraction of sp³-hybridized carbons (Fsp3) is 0.200. The van der Waals surface area contributed by atoms with Crippen LogP contribution in [0.1, 0.15) is 0 Å². The van der Waals surface area contributed by atoms with Gasteiger partial charge in [0.15, 0.2) is 29.2 Å². The molecule has 2 atom stereocenters. The average molecular weight is 538 g/mol. The standard InChI is InChI=1S/C20H10F12N2O2/c21-8-1-6(3-11(33)14(8)24)35-13-5-10(23)16(19(27,28)29)18(26,17(13)20(30,31)32)36-7-2-9(22)15(25)12(34)4-7/h1-5,17H,33-34H2. The van der Waals surface area contributed by atoms with Crippen molar-refractivity contribution < 1.29 is 62.2 Å².